The summed E-state index contributed by atoms with van der Waals surface area (Å²) >= 11 is 1.80. The van der Waals surface area contributed by atoms with Gasteiger partial charge in [-0.2, -0.15) is 0 Å². The van der Waals surface area contributed by atoms with E-state index in [1.54, 1.807) is 18.4 Å². The van der Waals surface area contributed by atoms with E-state index in [9.17, 15) is 0 Å². The van der Waals surface area contributed by atoms with Crippen molar-refractivity contribution in [3.05, 3.63) is 21.4 Å². The van der Waals surface area contributed by atoms with Gasteiger partial charge in [-0.15, -0.1) is 11.3 Å². The number of nitrogens with zero attached hydrogens (tertiary/aromatic N) is 1. The summed E-state index contributed by atoms with van der Waals surface area (Å²) in [5.41, 5.74) is 7.03. The molecule has 92 valence electrons. The second-order valence-corrected chi connectivity index (χ2v) is 5.56. The summed E-state index contributed by atoms with van der Waals surface area (Å²) in [6, 6.07) is 2.65. The van der Waals surface area contributed by atoms with Crippen molar-refractivity contribution >= 4 is 11.3 Å². The van der Waals surface area contributed by atoms with Gasteiger partial charge in [0.25, 0.3) is 0 Å². The predicted octanol–water partition coefficient (Wildman–Crippen LogP) is 1.98. The van der Waals surface area contributed by atoms with Crippen LogP contribution in [0.5, 0.6) is 0 Å². The number of nitrogens with two attached hydrogens (primary N) is 1. The summed E-state index contributed by atoms with van der Waals surface area (Å²) in [7, 11) is 3.87. The molecule has 0 amide bonds. The molecule has 4 heteroatoms. The van der Waals surface area contributed by atoms with Crippen LogP contribution in [0, 0.1) is 6.92 Å². The molecule has 0 saturated carbocycles. The van der Waals surface area contributed by atoms with E-state index in [2.05, 4.69) is 31.9 Å². The molecule has 0 bridgehead atoms. The van der Waals surface area contributed by atoms with Crippen molar-refractivity contribution in [2.45, 2.75) is 33.0 Å². The highest BCUT2D eigenvalue weighted by atomic mass is 32.1. The molecule has 1 heterocycles. The van der Waals surface area contributed by atoms with Crippen molar-refractivity contribution in [3.8, 4) is 0 Å². The van der Waals surface area contributed by atoms with Crippen molar-refractivity contribution in [1.29, 1.82) is 0 Å². The van der Waals surface area contributed by atoms with Gasteiger partial charge in [0.1, 0.15) is 0 Å². The van der Waals surface area contributed by atoms with E-state index in [4.69, 9.17) is 10.5 Å². The molecule has 1 atom stereocenters. The third-order valence-corrected chi connectivity index (χ3v) is 3.97. The minimum absolute atomic E-state index is 0.436. The van der Waals surface area contributed by atoms with Gasteiger partial charge in [0.05, 0.1) is 6.61 Å². The van der Waals surface area contributed by atoms with E-state index >= 15 is 0 Å². The summed E-state index contributed by atoms with van der Waals surface area (Å²) in [4.78, 5) is 4.94. The Kier molecular flexibility index (Phi) is 5.41. The number of hydrogen-bond acceptors (Lipinski definition) is 4. The fraction of sp³-hybridized carbons (Fsp3) is 0.667. The van der Waals surface area contributed by atoms with Crippen LogP contribution < -0.4 is 5.73 Å². The summed E-state index contributed by atoms with van der Waals surface area (Å²) in [6.07, 6.45) is 0. The lowest BCUT2D eigenvalue weighted by Gasteiger charge is -2.23. The lowest BCUT2D eigenvalue weighted by molar-refractivity contribution is 0.112. The molecular weight excluding hydrogens is 220 g/mol. The monoisotopic (exact) mass is 242 g/mol. The minimum Gasteiger partial charge on any atom is -0.383 e. The topological polar surface area (TPSA) is 38.5 Å². The summed E-state index contributed by atoms with van der Waals surface area (Å²) in [5.74, 6) is 0. The molecule has 0 aliphatic carbocycles. The van der Waals surface area contributed by atoms with Crippen LogP contribution in [-0.4, -0.2) is 31.7 Å². The Morgan fingerprint density at radius 2 is 2.25 bits per heavy atom. The number of hydrogen-bond donors (Lipinski definition) is 1. The molecule has 1 unspecified atom stereocenters. The maximum Gasteiger partial charge on any atom is 0.0615 e. The first kappa shape index (κ1) is 13.6. The van der Waals surface area contributed by atoms with Crippen LogP contribution in [0.25, 0.3) is 0 Å². The van der Waals surface area contributed by atoms with Crippen molar-refractivity contribution in [1.82, 2.24) is 4.90 Å². The lowest BCUT2D eigenvalue weighted by atomic mass is 10.2. The summed E-state index contributed by atoms with van der Waals surface area (Å²) < 4.78 is 5.16. The SMILES string of the molecule is COCC(C)N(C)Cc1cc(CN)sc1C. The largest absolute Gasteiger partial charge is 0.383 e. The Morgan fingerprint density at radius 3 is 2.75 bits per heavy atom. The van der Waals surface area contributed by atoms with Crippen LogP contribution in [0.15, 0.2) is 6.07 Å². The predicted molar refractivity (Wildman–Crippen MR) is 69.8 cm³/mol. The Labute approximate surface area is 102 Å². The van der Waals surface area contributed by atoms with E-state index in [-0.39, 0.29) is 0 Å². The molecule has 2 N–H and O–H groups in total. The molecular formula is C12H22N2OS. The van der Waals surface area contributed by atoms with Gasteiger partial charge in [-0.25, -0.2) is 0 Å². The van der Waals surface area contributed by atoms with Crippen LogP contribution in [0.4, 0.5) is 0 Å². The van der Waals surface area contributed by atoms with Crippen LogP contribution in [0.3, 0.4) is 0 Å². The lowest BCUT2D eigenvalue weighted by Crippen LogP contribution is -2.32. The normalized spacial score (nSPS) is 13.4. The zero-order valence-corrected chi connectivity index (χ0v) is 11.4. The zero-order valence-electron chi connectivity index (χ0n) is 10.6. The highest BCUT2D eigenvalue weighted by molar-refractivity contribution is 7.12. The van der Waals surface area contributed by atoms with Crippen molar-refractivity contribution in [2.75, 3.05) is 20.8 Å². The average molecular weight is 242 g/mol. The first-order valence-electron chi connectivity index (χ1n) is 5.56. The molecule has 1 rings (SSSR count). The molecule has 3 nitrogen and oxygen atoms in total. The molecule has 0 aliphatic rings. The molecule has 16 heavy (non-hydrogen) atoms. The third kappa shape index (κ3) is 3.56. The van der Waals surface area contributed by atoms with Gasteiger partial charge in [0.15, 0.2) is 0 Å². The van der Waals surface area contributed by atoms with Gasteiger partial charge in [-0.3, -0.25) is 4.90 Å². The number of ether oxygens (including phenoxy) is 1. The van der Waals surface area contributed by atoms with E-state index in [1.807, 2.05) is 0 Å². The highest BCUT2D eigenvalue weighted by Crippen LogP contribution is 2.22. The minimum atomic E-state index is 0.436. The fourth-order valence-corrected chi connectivity index (χ4v) is 2.57. The third-order valence-electron chi connectivity index (χ3n) is 2.85. The maximum absolute atomic E-state index is 5.65. The quantitative estimate of drug-likeness (QED) is 0.829. The molecule has 0 radical (unpaired) electrons. The van der Waals surface area contributed by atoms with Crippen LogP contribution in [0.1, 0.15) is 22.2 Å². The Bertz CT molecular complexity index is 325. The van der Waals surface area contributed by atoms with E-state index in [0.717, 1.165) is 13.2 Å². The molecule has 1 aromatic heterocycles. The molecule has 0 fully saturated rings. The fourth-order valence-electron chi connectivity index (χ4n) is 1.64. The number of aryl methyl sites for hydroxylation is 1. The number of methoxy groups -OCH3 is 1. The first-order valence-corrected chi connectivity index (χ1v) is 6.37. The van der Waals surface area contributed by atoms with E-state index in [0.29, 0.717) is 12.6 Å². The molecule has 0 spiro atoms. The second kappa shape index (κ2) is 6.35. The van der Waals surface area contributed by atoms with Crippen LogP contribution in [-0.2, 0) is 17.8 Å². The second-order valence-electron chi connectivity index (χ2n) is 4.22. The molecule has 1 aromatic rings. The molecule has 0 saturated heterocycles. The van der Waals surface area contributed by atoms with Crippen LogP contribution >= 0.6 is 11.3 Å². The Balaban J connectivity index is 2.61. The average Bonchev–Trinajstić information content (AvgIpc) is 2.60. The van der Waals surface area contributed by atoms with Crippen molar-refractivity contribution in [3.63, 3.8) is 0 Å². The van der Waals surface area contributed by atoms with Crippen molar-refractivity contribution < 1.29 is 4.74 Å². The van der Waals surface area contributed by atoms with Gasteiger partial charge >= 0.3 is 0 Å². The van der Waals surface area contributed by atoms with Crippen molar-refractivity contribution in [2.24, 2.45) is 5.73 Å². The van der Waals surface area contributed by atoms with Gasteiger partial charge in [-0.05, 0) is 32.5 Å². The standard InChI is InChI=1S/C12H22N2OS/c1-9(8-15-4)14(3)7-11-5-12(6-13)16-10(11)2/h5,9H,6-8,13H2,1-4H3. The summed E-state index contributed by atoms with van der Waals surface area (Å²) in [5, 5.41) is 0. The van der Waals surface area contributed by atoms with E-state index < -0.39 is 0 Å². The smallest absolute Gasteiger partial charge is 0.0615 e. The van der Waals surface area contributed by atoms with Gasteiger partial charge in [-0.1, -0.05) is 0 Å². The first-order chi connectivity index (χ1) is 7.58. The number of rotatable bonds is 6. The van der Waals surface area contributed by atoms with Gasteiger partial charge < -0.3 is 10.5 Å². The Morgan fingerprint density at radius 1 is 1.56 bits per heavy atom. The van der Waals surface area contributed by atoms with E-state index in [1.165, 1.54) is 15.3 Å². The molecule has 0 aromatic carbocycles. The maximum atomic E-state index is 5.65. The Hall–Kier alpha value is -0.420. The van der Waals surface area contributed by atoms with Gasteiger partial charge in [0, 0.05) is 36.0 Å². The number of likely N-dealkylation sites (N-methyl/N-ethyl adjacent to an activating group) is 1. The zero-order chi connectivity index (χ0) is 12.1. The number of thiophene rings is 1. The van der Waals surface area contributed by atoms with Gasteiger partial charge in [0.2, 0.25) is 0 Å². The highest BCUT2D eigenvalue weighted by Gasteiger charge is 2.12. The van der Waals surface area contributed by atoms with Crippen LogP contribution in [0.2, 0.25) is 0 Å². The molecule has 0 aliphatic heterocycles. The summed E-state index contributed by atoms with van der Waals surface area (Å²) in [6.45, 7) is 6.71.